The number of nitrogens with zero attached hydrogens (tertiary/aromatic N) is 2. The number of fused-ring (bicyclic) bond motifs is 2. The van der Waals surface area contributed by atoms with Crippen molar-refractivity contribution in [3.8, 4) is 12.1 Å². The molecule has 2 aromatic heterocycles. The lowest BCUT2D eigenvalue weighted by Gasteiger charge is -2.18. The third-order valence-electron chi connectivity index (χ3n) is 5.63. The second-order valence-electron chi connectivity index (χ2n) is 7.72. The number of amides is 1. The van der Waals surface area contributed by atoms with Crippen LogP contribution in [0.1, 0.15) is 22.3 Å². The molecule has 9 nitrogen and oxygen atoms in total. The molecular weight excluding hydrogens is 456 g/mol. The number of hydrogen-bond acceptors (Lipinski definition) is 5. The van der Waals surface area contributed by atoms with Crippen molar-refractivity contribution in [2.45, 2.75) is 24.9 Å². The number of carbonyl (C=O) groups is 2. The normalized spacial score (nSPS) is 12.3. The minimum Gasteiger partial charge on any atom is -0.480 e. The first-order chi connectivity index (χ1) is 15.9. The number of aromatic amines is 2. The maximum atomic E-state index is 12.8. The number of nitrogens with one attached hydrogen (secondary N) is 3. The topological polar surface area (TPSA) is 172 Å². The maximum absolute atomic E-state index is 12.8. The van der Waals surface area contributed by atoms with E-state index in [0.29, 0.717) is 38.5 Å². The summed E-state index contributed by atoms with van der Waals surface area (Å²) in [6.45, 7) is 0. The van der Waals surface area contributed by atoms with Crippen LogP contribution >= 0.6 is 12.4 Å². The smallest absolute Gasteiger partial charge is 0.326 e. The van der Waals surface area contributed by atoms with Crippen molar-refractivity contribution in [2.75, 3.05) is 0 Å². The highest BCUT2D eigenvalue weighted by atomic mass is 35.5. The van der Waals surface area contributed by atoms with Crippen molar-refractivity contribution < 1.29 is 14.7 Å². The molecular formula is C24H21ClN6O3. The Balaban J connectivity index is 0.00000324. The summed E-state index contributed by atoms with van der Waals surface area (Å²) in [5, 5.41) is 32.3. The lowest BCUT2D eigenvalue weighted by atomic mass is 10.00. The number of nitrogens with two attached hydrogens (primary N) is 1. The van der Waals surface area contributed by atoms with E-state index in [-0.39, 0.29) is 25.2 Å². The Morgan fingerprint density at radius 1 is 0.941 bits per heavy atom. The molecule has 0 aliphatic rings. The molecule has 6 N–H and O–H groups in total. The van der Waals surface area contributed by atoms with Crippen LogP contribution in [0, 0.1) is 22.7 Å². The van der Waals surface area contributed by atoms with Gasteiger partial charge in [-0.15, -0.1) is 12.4 Å². The third-order valence-corrected chi connectivity index (χ3v) is 5.63. The van der Waals surface area contributed by atoms with E-state index in [1.54, 1.807) is 42.7 Å². The Morgan fingerprint density at radius 2 is 1.44 bits per heavy atom. The SMILES string of the molecule is Cl.N#Cc1cccc2[nH]cc(C[C@H](NC(=O)[C@@H](N)Cc3c[nH]c4cccc(C#N)c34)C(=O)O)c12. The largest absolute Gasteiger partial charge is 0.480 e. The molecule has 0 bridgehead atoms. The van der Waals surface area contributed by atoms with Crippen molar-refractivity contribution >= 4 is 46.1 Å². The zero-order valence-corrected chi connectivity index (χ0v) is 18.6. The molecule has 0 spiro atoms. The van der Waals surface area contributed by atoms with Crippen LogP contribution < -0.4 is 11.1 Å². The van der Waals surface area contributed by atoms with Crippen molar-refractivity contribution in [1.82, 2.24) is 15.3 Å². The molecule has 10 heteroatoms. The number of H-pyrrole nitrogens is 2. The standard InChI is InChI=1S/C24H20N6O3.ClH/c25-9-13-3-1-5-18-21(13)15(11-28-18)7-17(27)23(31)30-20(24(32)33)8-16-12-29-19-6-2-4-14(10-26)22(16)19;/h1-6,11-12,17,20,28-29H,7-8,27H2,(H,30,31)(H,32,33);1H/t17-,20-;/m0./s1. The van der Waals surface area contributed by atoms with Gasteiger partial charge < -0.3 is 26.1 Å². The van der Waals surface area contributed by atoms with Gasteiger partial charge in [0.1, 0.15) is 6.04 Å². The Hall–Kier alpha value is -4.31. The summed E-state index contributed by atoms with van der Waals surface area (Å²) in [5.74, 6) is -1.83. The fourth-order valence-corrected chi connectivity index (χ4v) is 4.05. The number of nitriles is 2. The number of aromatic nitrogens is 2. The first-order valence-corrected chi connectivity index (χ1v) is 10.2. The minimum atomic E-state index is -1.23. The summed E-state index contributed by atoms with van der Waals surface area (Å²) in [6.07, 6.45) is 3.45. The van der Waals surface area contributed by atoms with Gasteiger partial charge in [0.2, 0.25) is 5.91 Å². The summed E-state index contributed by atoms with van der Waals surface area (Å²) >= 11 is 0. The van der Waals surface area contributed by atoms with Gasteiger partial charge in [-0.2, -0.15) is 10.5 Å². The number of hydrogen-bond donors (Lipinski definition) is 5. The Morgan fingerprint density at radius 3 is 1.91 bits per heavy atom. The molecule has 4 aromatic rings. The molecule has 0 saturated heterocycles. The van der Waals surface area contributed by atoms with Crippen LogP contribution in [0.15, 0.2) is 48.8 Å². The Bertz CT molecular complexity index is 1460. The molecule has 4 rings (SSSR count). The van der Waals surface area contributed by atoms with Gasteiger partial charge in [-0.05, 0) is 41.8 Å². The van der Waals surface area contributed by atoms with Crippen LogP contribution in [0.3, 0.4) is 0 Å². The van der Waals surface area contributed by atoms with Gasteiger partial charge >= 0.3 is 5.97 Å². The van der Waals surface area contributed by atoms with Crippen LogP contribution in [0.5, 0.6) is 0 Å². The zero-order valence-electron chi connectivity index (χ0n) is 17.8. The first kappa shape index (κ1) is 24.3. The monoisotopic (exact) mass is 476 g/mol. The molecule has 0 fully saturated rings. The Kier molecular flexibility index (Phi) is 7.22. The summed E-state index contributed by atoms with van der Waals surface area (Å²) in [5.41, 5.74) is 9.76. The molecule has 172 valence electrons. The quantitative estimate of drug-likeness (QED) is 0.274. The molecule has 2 heterocycles. The summed E-state index contributed by atoms with van der Waals surface area (Å²) < 4.78 is 0. The van der Waals surface area contributed by atoms with E-state index in [1.807, 2.05) is 6.07 Å². The highest BCUT2D eigenvalue weighted by Crippen LogP contribution is 2.24. The highest BCUT2D eigenvalue weighted by molar-refractivity contribution is 5.92. The average molecular weight is 477 g/mol. The third kappa shape index (κ3) is 4.57. The van der Waals surface area contributed by atoms with Crippen molar-refractivity contribution in [3.05, 3.63) is 71.0 Å². The maximum Gasteiger partial charge on any atom is 0.326 e. The predicted octanol–water partition coefficient (Wildman–Crippen LogP) is 2.50. The molecule has 0 aliphatic carbocycles. The van der Waals surface area contributed by atoms with Gasteiger partial charge in [0.15, 0.2) is 0 Å². The number of benzene rings is 2. The number of aliphatic carboxylic acids is 1. The second-order valence-corrected chi connectivity index (χ2v) is 7.72. The first-order valence-electron chi connectivity index (χ1n) is 10.2. The average Bonchev–Trinajstić information content (AvgIpc) is 3.42. The van der Waals surface area contributed by atoms with E-state index >= 15 is 0 Å². The fourth-order valence-electron chi connectivity index (χ4n) is 4.05. The van der Waals surface area contributed by atoms with E-state index in [0.717, 1.165) is 5.52 Å². The molecule has 34 heavy (non-hydrogen) atoms. The van der Waals surface area contributed by atoms with Gasteiger partial charge in [-0.1, -0.05) is 12.1 Å². The van der Waals surface area contributed by atoms with Gasteiger partial charge in [0.05, 0.1) is 29.3 Å². The Labute approximate surface area is 200 Å². The van der Waals surface area contributed by atoms with Crippen LogP contribution in [0.4, 0.5) is 0 Å². The molecule has 1 amide bonds. The summed E-state index contributed by atoms with van der Waals surface area (Å²) in [7, 11) is 0. The van der Waals surface area contributed by atoms with Crippen molar-refractivity contribution in [1.29, 1.82) is 10.5 Å². The summed E-state index contributed by atoms with van der Waals surface area (Å²) in [4.78, 5) is 30.7. The van der Waals surface area contributed by atoms with Gasteiger partial charge in [0.25, 0.3) is 0 Å². The van der Waals surface area contributed by atoms with Crippen LogP contribution in [0.2, 0.25) is 0 Å². The lowest BCUT2D eigenvalue weighted by molar-refractivity contribution is -0.141. The van der Waals surface area contributed by atoms with Gasteiger partial charge in [-0.25, -0.2) is 4.79 Å². The van der Waals surface area contributed by atoms with Crippen LogP contribution in [0.25, 0.3) is 21.8 Å². The number of rotatable bonds is 7. The molecule has 2 aromatic carbocycles. The highest BCUT2D eigenvalue weighted by Gasteiger charge is 2.26. The van der Waals surface area contributed by atoms with Crippen molar-refractivity contribution in [3.63, 3.8) is 0 Å². The molecule has 0 aliphatic heterocycles. The predicted molar refractivity (Wildman–Crippen MR) is 128 cm³/mol. The van der Waals surface area contributed by atoms with E-state index in [4.69, 9.17) is 5.73 Å². The molecule has 0 radical (unpaired) electrons. The van der Waals surface area contributed by atoms with E-state index in [2.05, 4.69) is 27.4 Å². The molecule has 0 saturated carbocycles. The molecule has 2 atom stereocenters. The molecule has 0 unspecified atom stereocenters. The number of halogens is 1. The number of carboxylic acids is 1. The minimum absolute atomic E-state index is 0. The number of carboxylic acid groups (broad SMARTS) is 1. The van der Waals surface area contributed by atoms with E-state index in [9.17, 15) is 25.2 Å². The van der Waals surface area contributed by atoms with Gasteiger partial charge in [0, 0.05) is 40.6 Å². The summed E-state index contributed by atoms with van der Waals surface area (Å²) in [6, 6.07) is 12.4. The fraction of sp³-hybridized carbons (Fsp3) is 0.167. The van der Waals surface area contributed by atoms with Crippen molar-refractivity contribution in [2.24, 2.45) is 5.73 Å². The number of carbonyl (C=O) groups excluding carboxylic acids is 1. The van der Waals surface area contributed by atoms with E-state index in [1.165, 1.54) is 0 Å². The lowest BCUT2D eigenvalue weighted by Crippen LogP contribution is -2.50. The zero-order chi connectivity index (χ0) is 23.5. The van der Waals surface area contributed by atoms with Crippen LogP contribution in [-0.4, -0.2) is 39.0 Å². The van der Waals surface area contributed by atoms with E-state index < -0.39 is 24.0 Å². The van der Waals surface area contributed by atoms with Crippen LogP contribution in [-0.2, 0) is 22.4 Å². The second kappa shape index (κ2) is 10.1. The van der Waals surface area contributed by atoms with Gasteiger partial charge in [-0.3, -0.25) is 4.79 Å².